The zero-order valence-corrected chi connectivity index (χ0v) is 17.1. The fourth-order valence-corrected chi connectivity index (χ4v) is 3.34. The molecule has 5 nitrogen and oxygen atoms in total. The summed E-state index contributed by atoms with van der Waals surface area (Å²) in [5.74, 6) is 2.92. The molecule has 0 aromatic heterocycles. The summed E-state index contributed by atoms with van der Waals surface area (Å²) in [5, 5.41) is 3.47. The number of fused-ring (bicyclic) bond motifs is 1. The van der Waals surface area contributed by atoms with Gasteiger partial charge in [0.2, 0.25) is 0 Å². The molecule has 1 atom stereocenters. The van der Waals surface area contributed by atoms with E-state index in [-0.39, 0.29) is 30.1 Å². The number of ether oxygens (including phenoxy) is 2. The summed E-state index contributed by atoms with van der Waals surface area (Å²) < 4.78 is 11.7. The van der Waals surface area contributed by atoms with Crippen molar-refractivity contribution in [3.05, 3.63) is 23.3 Å². The molecule has 1 saturated heterocycles. The molecule has 3 rings (SSSR count). The number of nitrogens with zero attached hydrogens (tertiary/aromatic N) is 2. The molecule has 0 saturated carbocycles. The molecule has 24 heavy (non-hydrogen) atoms. The van der Waals surface area contributed by atoms with E-state index in [9.17, 15) is 0 Å². The largest absolute Gasteiger partial charge is 0.494 e. The fraction of sp³-hybridized carbons (Fsp3) is 0.611. The smallest absolute Gasteiger partial charge is 0.193 e. The predicted molar refractivity (Wildman–Crippen MR) is 108 cm³/mol. The van der Waals surface area contributed by atoms with E-state index in [4.69, 9.17) is 9.47 Å². The van der Waals surface area contributed by atoms with Crippen LogP contribution in [-0.4, -0.2) is 43.7 Å². The lowest BCUT2D eigenvalue weighted by Gasteiger charge is -2.21. The number of likely N-dealkylation sites (tertiary alicyclic amines) is 1. The number of nitrogens with one attached hydrogen (secondary N) is 1. The van der Waals surface area contributed by atoms with Crippen LogP contribution < -0.4 is 14.8 Å². The van der Waals surface area contributed by atoms with Crippen LogP contribution in [0.5, 0.6) is 11.5 Å². The Morgan fingerprint density at radius 2 is 2.12 bits per heavy atom. The molecule has 2 heterocycles. The zero-order valence-electron chi connectivity index (χ0n) is 14.8. The first-order valence-electron chi connectivity index (χ1n) is 8.62. The second kappa shape index (κ2) is 8.78. The molecule has 2 aliphatic rings. The van der Waals surface area contributed by atoms with Crippen LogP contribution >= 0.6 is 24.0 Å². The van der Waals surface area contributed by atoms with Crippen molar-refractivity contribution < 1.29 is 9.47 Å². The molecule has 1 fully saturated rings. The summed E-state index contributed by atoms with van der Waals surface area (Å²) in [6.07, 6.45) is 3.70. The van der Waals surface area contributed by atoms with Gasteiger partial charge in [-0.3, -0.25) is 4.99 Å². The molecule has 2 aliphatic heterocycles. The van der Waals surface area contributed by atoms with Gasteiger partial charge in [0.1, 0.15) is 17.6 Å². The van der Waals surface area contributed by atoms with Crippen molar-refractivity contribution in [1.29, 1.82) is 0 Å². The van der Waals surface area contributed by atoms with Gasteiger partial charge in [-0.25, -0.2) is 0 Å². The molecule has 1 unspecified atom stereocenters. The molecular weight excluding hydrogens is 417 g/mol. The van der Waals surface area contributed by atoms with Gasteiger partial charge in [-0.15, -0.1) is 24.0 Å². The van der Waals surface area contributed by atoms with E-state index < -0.39 is 0 Å². The third-order valence-corrected chi connectivity index (χ3v) is 4.43. The van der Waals surface area contributed by atoms with Crippen molar-refractivity contribution in [2.75, 3.05) is 26.7 Å². The van der Waals surface area contributed by atoms with Crippen molar-refractivity contribution in [3.63, 3.8) is 0 Å². The van der Waals surface area contributed by atoms with Crippen molar-refractivity contribution in [2.24, 2.45) is 4.99 Å². The van der Waals surface area contributed by atoms with Crippen molar-refractivity contribution >= 4 is 29.9 Å². The minimum absolute atomic E-state index is 0. The highest BCUT2D eigenvalue weighted by Gasteiger charge is 2.22. The molecule has 1 aromatic rings. The lowest BCUT2D eigenvalue weighted by atomic mass is 10.1. The summed E-state index contributed by atoms with van der Waals surface area (Å²) in [5.41, 5.74) is 2.37. The van der Waals surface area contributed by atoms with Gasteiger partial charge in [-0.05, 0) is 38.8 Å². The van der Waals surface area contributed by atoms with Gasteiger partial charge in [0.05, 0.1) is 6.61 Å². The van der Waals surface area contributed by atoms with Crippen LogP contribution in [0.4, 0.5) is 0 Å². The number of hydrogen-bond acceptors (Lipinski definition) is 3. The van der Waals surface area contributed by atoms with Crippen molar-refractivity contribution in [1.82, 2.24) is 10.2 Å². The molecular formula is C18H28IN3O2. The van der Waals surface area contributed by atoms with Crippen LogP contribution in [0.3, 0.4) is 0 Å². The lowest BCUT2D eigenvalue weighted by molar-refractivity contribution is 0.254. The molecule has 0 aliphatic carbocycles. The first kappa shape index (κ1) is 19.1. The molecule has 134 valence electrons. The quantitative estimate of drug-likeness (QED) is 0.440. The topological polar surface area (TPSA) is 46.1 Å². The van der Waals surface area contributed by atoms with Gasteiger partial charge in [-0.2, -0.15) is 0 Å². The first-order chi connectivity index (χ1) is 11.2. The van der Waals surface area contributed by atoms with Crippen LogP contribution in [0.1, 0.15) is 37.8 Å². The van der Waals surface area contributed by atoms with Gasteiger partial charge in [0, 0.05) is 44.2 Å². The molecule has 0 bridgehead atoms. The summed E-state index contributed by atoms with van der Waals surface area (Å²) in [4.78, 5) is 6.72. The van der Waals surface area contributed by atoms with Crippen LogP contribution in [0.2, 0.25) is 0 Å². The summed E-state index contributed by atoms with van der Waals surface area (Å²) in [7, 11) is 1.84. The van der Waals surface area contributed by atoms with Gasteiger partial charge in [0.15, 0.2) is 5.96 Å². The highest BCUT2D eigenvalue weighted by molar-refractivity contribution is 14.0. The highest BCUT2D eigenvalue weighted by atomic mass is 127. The van der Waals surface area contributed by atoms with E-state index in [2.05, 4.69) is 34.3 Å². The van der Waals surface area contributed by atoms with Gasteiger partial charge in [-0.1, -0.05) is 0 Å². The molecule has 6 heteroatoms. The number of guanidine groups is 1. The second-order valence-corrected chi connectivity index (χ2v) is 6.23. The molecule has 0 amide bonds. The maximum absolute atomic E-state index is 5.89. The minimum atomic E-state index is 0. The minimum Gasteiger partial charge on any atom is -0.494 e. The Kier molecular flexibility index (Phi) is 7.01. The van der Waals surface area contributed by atoms with Crippen LogP contribution in [0, 0.1) is 0 Å². The Morgan fingerprint density at radius 3 is 2.79 bits per heavy atom. The van der Waals surface area contributed by atoms with Crippen LogP contribution in [-0.2, 0) is 13.0 Å². The number of hydrogen-bond donors (Lipinski definition) is 1. The van der Waals surface area contributed by atoms with E-state index in [0.717, 1.165) is 42.5 Å². The molecule has 1 N–H and O–H groups in total. The molecule has 0 spiro atoms. The molecule has 1 aromatic carbocycles. The average molecular weight is 445 g/mol. The average Bonchev–Trinajstić information content (AvgIpc) is 3.17. The number of halogens is 1. The Bertz CT molecular complexity index is 586. The van der Waals surface area contributed by atoms with Crippen molar-refractivity contribution in [3.8, 4) is 11.5 Å². The zero-order chi connectivity index (χ0) is 16.2. The Hall–Kier alpha value is -1.18. The highest BCUT2D eigenvalue weighted by Crippen LogP contribution is 2.35. The van der Waals surface area contributed by atoms with E-state index in [1.807, 2.05) is 14.0 Å². The van der Waals surface area contributed by atoms with E-state index in [0.29, 0.717) is 13.2 Å². The predicted octanol–water partition coefficient (Wildman–Crippen LogP) is 3.20. The normalized spacial score (nSPS) is 19.5. The van der Waals surface area contributed by atoms with E-state index >= 15 is 0 Å². The summed E-state index contributed by atoms with van der Waals surface area (Å²) in [6, 6.07) is 4.26. The van der Waals surface area contributed by atoms with Crippen molar-refractivity contribution in [2.45, 2.75) is 45.8 Å². The Morgan fingerprint density at radius 1 is 1.38 bits per heavy atom. The maximum Gasteiger partial charge on any atom is 0.193 e. The Balaban J connectivity index is 0.00000208. The number of rotatable bonds is 4. The van der Waals surface area contributed by atoms with Crippen LogP contribution in [0.15, 0.2) is 17.1 Å². The SMILES string of the molecule is CCOc1cc2c(cc1CNC(=NC)N1CCCC1)OC(C)C2.I. The first-order valence-corrected chi connectivity index (χ1v) is 8.62. The standard InChI is InChI=1S/C18H27N3O2.HI/c1-4-22-16-10-14-9-13(2)23-17(14)11-15(16)12-20-18(19-3)21-7-5-6-8-21;/h10-11,13H,4-9,12H2,1-3H3,(H,19,20);1H. The lowest BCUT2D eigenvalue weighted by Crippen LogP contribution is -2.39. The maximum atomic E-state index is 5.89. The van der Waals surface area contributed by atoms with Gasteiger partial charge in [0.25, 0.3) is 0 Å². The third kappa shape index (κ3) is 4.26. The van der Waals surface area contributed by atoms with Gasteiger partial charge >= 0.3 is 0 Å². The Labute approximate surface area is 161 Å². The third-order valence-electron chi connectivity index (χ3n) is 4.43. The van der Waals surface area contributed by atoms with E-state index in [1.54, 1.807) is 0 Å². The summed E-state index contributed by atoms with van der Waals surface area (Å²) in [6.45, 7) is 7.67. The van der Waals surface area contributed by atoms with E-state index in [1.165, 1.54) is 18.4 Å². The number of aliphatic imine (C=N–C) groups is 1. The molecule has 0 radical (unpaired) electrons. The summed E-state index contributed by atoms with van der Waals surface area (Å²) >= 11 is 0. The second-order valence-electron chi connectivity index (χ2n) is 6.23. The fourth-order valence-electron chi connectivity index (χ4n) is 3.34. The monoisotopic (exact) mass is 445 g/mol. The van der Waals surface area contributed by atoms with Crippen LogP contribution in [0.25, 0.3) is 0 Å². The number of benzene rings is 1. The van der Waals surface area contributed by atoms with Gasteiger partial charge < -0.3 is 19.7 Å².